The number of hydrogen-bond donors (Lipinski definition) is 1. The molecule has 1 aromatic carbocycles. The average Bonchev–Trinajstić information content (AvgIpc) is 2.61. The van der Waals surface area contributed by atoms with Crippen LogP contribution in [-0.4, -0.2) is 62.8 Å². The lowest BCUT2D eigenvalue weighted by Crippen LogP contribution is -2.46. The maximum absolute atomic E-state index is 12.9. The fourth-order valence-electron chi connectivity index (χ4n) is 3.77. The molecule has 0 saturated carbocycles. The van der Waals surface area contributed by atoms with Crippen molar-refractivity contribution in [3.05, 3.63) is 29.8 Å². The number of piperazine rings is 1. The molecule has 0 aromatic heterocycles. The number of piperidine rings is 1. The summed E-state index contributed by atoms with van der Waals surface area (Å²) in [5.74, 6) is 0.699. The highest BCUT2D eigenvalue weighted by molar-refractivity contribution is 7.89. The van der Waals surface area contributed by atoms with Gasteiger partial charge in [-0.25, -0.2) is 8.42 Å². The number of hydrogen-bond acceptors (Lipinski definition) is 4. The first-order valence-electron chi connectivity index (χ1n) is 8.98. The highest BCUT2D eigenvalue weighted by atomic mass is 32.2. The van der Waals surface area contributed by atoms with E-state index in [1.165, 1.54) is 0 Å². The summed E-state index contributed by atoms with van der Waals surface area (Å²) in [7, 11) is -3.50. The zero-order valence-corrected chi connectivity index (χ0v) is 15.8. The molecule has 7 heteroatoms. The van der Waals surface area contributed by atoms with E-state index in [4.69, 9.17) is 0 Å². The van der Waals surface area contributed by atoms with Crippen LogP contribution >= 0.6 is 0 Å². The third kappa shape index (κ3) is 4.04. The molecule has 6 nitrogen and oxygen atoms in total. The average molecular weight is 365 g/mol. The van der Waals surface area contributed by atoms with Gasteiger partial charge in [0.05, 0.1) is 4.90 Å². The molecular formula is C18H27N3O3S. The zero-order valence-electron chi connectivity index (χ0n) is 14.9. The molecule has 2 atom stereocenters. The molecule has 0 radical (unpaired) electrons. The van der Waals surface area contributed by atoms with Crippen molar-refractivity contribution in [1.82, 2.24) is 14.5 Å². The third-order valence-electron chi connectivity index (χ3n) is 4.98. The highest BCUT2D eigenvalue weighted by Crippen LogP contribution is 2.26. The van der Waals surface area contributed by atoms with Crippen LogP contribution in [0.3, 0.4) is 0 Å². The number of rotatable bonds is 3. The molecule has 2 unspecified atom stereocenters. The maximum atomic E-state index is 12.9. The molecule has 3 rings (SSSR count). The van der Waals surface area contributed by atoms with Crippen LogP contribution in [0, 0.1) is 11.8 Å². The molecule has 0 bridgehead atoms. The highest BCUT2D eigenvalue weighted by Gasteiger charge is 2.31. The van der Waals surface area contributed by atoms with E-state index in [1.54, 1.807) is 33.5 Å². The van der Waals surface area contributed by atoms with E-state index in [2.05, 4.69) is 19.2 Å². The lowest BCUT2D eigenvalue weighted by atomic mass is 9.94. The molecule has 0 spiro atoms. The number of benzene rings is 1. The largest absolute Gasteiger partial charge is 0.336 e. The van der Waals surface area contributed by atoms with Gasteiger partial charge in [-0.05, 0) is 42.5 Å². The van der Waals surface area contributed by atoms with Gasteiger partial charge in [-0.1, -0.05) is 13.8 Å². The first kappa shape index (κ1) is 18.4. The lowest BCUT2D eigenvalue weighted by molar-refractivity contribution is 0.0735. The summed E-state index contributed by atoms with van der Waals surface area (Å²) in [6.07, 6.45) is 1.06. The van der Waals surface area contributed by atoms with Crippen LogP contribution in [0.2, 0.25) is 0 Å². The molecule has 1 N–H and O–H groups in total. The molecule has 25 heavy (non-hydrogen) atoms. The Kier molecular flexibility index (Phi) is 5.46. The van der Waals surface area contributed by atoms with Crippen molar-refractivity contribution in [2.45, 2.75) is 25.2 Å². The molecule has 2 saturated heterocycles. The third-order valence-corrected chi connectivity index (χ3v) is 6.82. The summed E-state index contributed by atoms with van der Waals surface area (Å²) in [6.45, 7) is 8.26. The second kappa shape index (κ2) is 7.43. The van der Waals surface area contributed by atoms with E-state index >= 15 is 0 Å². The number of nitrogens with zero attached hydrogens (tertiary/aromatic N) is 2. The normalized spacial score (nSPS) is 25.8. The van der Waals surface area contributed by atoms with Gasteiger partial charge < -0.3 is 10.2 Å². The van der Waals surface area contributed by atoms with Crippen LogP contribution in [0.15, 0.2) is 29.2 Å². The number of carbonyl (C=O) groups is 1. The smallest absolute Gasteiger partial charge is 0.253 e. The molecule has 0 aliphatic carbocycles. The predicted octanol–water partition coefficient (Wildman–Crippen LogP) is 1.40. The summed E-state index contributed by atoms with van der Waals surface area (Å²) >= 11 is 0. The van der Waals surface area contributed by atoms with Crippen LogP contribution in [0.5, 0.6) is 0 Å². The predicted molar refractivity (Wildman–Crippen MR) is 96.9 cm³/mol. The zero-order chi connectivity index (χ0) is 18.0. The van der Waals surface area contributed by atoms with Gasteiger partial charge in [-0.15, -0.1) is 0 Å². The molecule has 2 heterocycles. The van der Waals surface area contributed by atoms with Gasteiger partial charge in [0.25, 0.3) is 5.91 Å². The fourth-order valence-corrected chi connectivity index (χ4v) is 5.45. The molecule has 1 aromatic rings. The van der Waals surface area contributed by atoms with Crippen molar-refractivity contribution in [2.24, 2.45) is 11.8 Å². The van der Waals surface area contributed by atoms with E-state index in [-0.39, 0.29) is 10.8 Å². The lowest BCUT2D eigenvalue weighted by Gasteiger charge is -2.34. The van der Waals surface area contributed by atoms with Crippen LogP contribution < -0.4 is 5.32 Å². The molecule has 2 aliphatic heterocycles. The number of carbonyl (C=O) groups excluding carboxylic acids is 1. The second-order valence-corrected chi connectivity index (χ2v) is 9.27. The first-order chi connectivity index (χ1) is 11.9. The van der Waals surface area contributed by atoms with Gasteiger partial charge in [-0.3, -0.25) is 4.79 Å². The topological polar surface area (TPSA) is 69.7 Å². The van der Waals surface area contributed by atoms with Crippen LogP contribution in [-0.2, 0) is 10.0 Å². The monoisotopic (exact) mass is 365 g/mol. The minimum absolute atomic E-state index is 0.0364. The second-order valence-electron chi connectivity index (χ2n) is 7.33. The van der Waals surface area contributed by atoms with E-state index in [9.17, 15) is 13.2 Å². The Balaban J connectivity index is 1.75. The summed E-state index contributed by atoms with van der Waals surface area (Å²) in [5, 5.41) is 3.21. The number of amides is 1. The molecule has 1 amide bonds. The summed E-state index contributed by atoms with van der Waals surface area (Å²) in [5.41, 5.74) is 0.543. The van der Waals surface area contributed by atoms with Crippen molar-refractivity contribution < 1.29 is 13.2 Å². The Bertz CT molecular complexity index is 702. The Morgan fingerprint density at radius 2 is 1.60 bits per heavy atom. The van der Waals surface area contributed by atoms with Crippen LogP contribution in [0.1, 0.15) is 30.6 Å². The van der Waals surface area contributed by atoms with Gasteiger partial charge >= 0.3 is 0 Å². The quantitative estimate of drug-likeness (QED) is 0.879. The maximum Gasteiger partial charge on any atom is 0.253 e. The van der Waals surface area contributed by atoms with Crippen molar-refractivity contribution in [3.63, 3.8) is 0 Å². The molecule has 2 fully saturated rings. The number of nitrogens with one attached hydrogen (secondary N) is 1. The fraction of sp³-hybridized carbons (Fsp3) is 0.611. The van der Waals surface area contributed by atoms with Gasteiger partial charge in [0.2, 0.25) is 10.0 Å². The Morgan fingerprint density at radius 1 is 1.04 bits per heavy atom. The SMILES string of the molecule is CC1CC(C)CN(S(=O)(=O)c2ccc(C(=O)N3CCNCC3)cc2)C1. The van der Waals surface area contributed by atoms with Gasteiger partial charge in [0.15, 0.2) is 0 Å². The minimum atomic E-state index is -3.50. The molecule has 138 valence electrons. The standard InChI is InChI=1S/C18H27N3O3S/c1-14-11-15(2)13-21(12-14)25(23,24)17-5-3-16(4-6-17)18(22)20-9-7-19-8-10-20/h3-6,14-15,19H,7-13H2,1-2H3. The molecular weight excluding hydrogens is 338 g/mol. The van der Waals surface area contributed by atoms with E-state index in [1.807, 2.05) is 0 Å². The summed E-state index contributed by atoms with van der Waals surface area (Å²) in [4.78, 5) is 14.6. The van der Waals surface area contributed by atoms with Crippen LogP contribution in [0.25, 0.3) is 0 Å². The van der Waals surface area contributed by atoms with Crippen molar-refractivity contribution >= 4 is 15.9 Å². The van der Waals surface area contributed by atoms with E-state index in [0.29, 0.717) is 43.6 Å². The van der Waals surface area contributed by atoms with E-state index in [0.717, 1.165) is 19.5 Å². The van der Waals surface area contributed by atoms with Crippen LogP contribution in [0.4, 0.5) is 0 Å². The Hall–Kier alpha value is -1.44. The van der Waals surface area contributed by atoms with Gasteiger partial charge in [-0.2, -0.15) is 4.31 Å². The van der Waals surface area contributed by atoms with E-state index < -0.39 is 10.0 Å². The molecule has 2 aliphatic rings. The van der Waals surface area contributed by atoms with Crippen molar-refractivity contribution in [3.8, 4) is 0 Å². The van der Waals surface area contributed by atoms with Gasteiger partial charge in [0.1, 0.15) is 0 Å². The first-order valence-corrected chi connectivity index (χ1v) is 10.4. The van der Waals surface area contributed by atoms with Crippen molar-refractivity contribution in [2.75, 3.05) is 39.3 Å². The minimum Gasteiger partial charge on any atom is -0.336 e. The van der Waals surface area contributed by atoms with Crippen molar-refractivity contribution in [1.29, 1.82) is 0 Å². The number of sulfonamides is 1. The Morgan fingerprint density at radius 3 is 2.16 bits per heavy atom. The summed E-state index contributed by atoms with van der Waals surface area (Å²) < 4.78 is 27.3. The van der Waals surface area contributed by atoms with Gasteiger partial charge in [0, 0.05) is 44.8 Å². The Labute approximate surface area is 150 Å². The summed E-state index contributed by atoms with van der Waals surface area (Å²) in [6, 6.07) is 6.39.